The van der Waals surface area contributed by atoms with E-state index in [1.54, 1.807) is 6.07 Å². The van der Waals surface area contributed by atoms with Crippen molar-refractivity contribution in [1.29, 1.82) is 0 Å². The molecule has 0 aliphatic rings. The first-order valence-electron chi connectivity index (χ1n) is 6.08. The predicted molar refractivity (Wildman–Crippen MR) is 73.1 cm³/mol. The Kier molecular flexibility index (Phi) is 3.48. The summed E-state index contributed by atoms with van der Waals surface area (Å²) in [6, 6.07) is 10.8. The van der Waals surface area contributed by atoms with E-state index < -0.39 is 0 Å². The van der Waals surface area contributed by atoms with Gasteiger partial charge in [-0.3, -0.25) is 0 Å². The second kappa shape index (κ2) is 4.91. The van der Waals surface area contributed by atoms with Gasteiger partial charge in [-0.2, -0.15) is 0 Å². The summed E-state index contributed by atoms with van der Waals surface area (Å²) in [4.78, 5) is 0. The van der Waals surface area contributed by atoms with Gasteiger partial charge in [-0.15, -0.1) is 0 Å². The van der Waals surface area contributed by atoms with Crippen LogP contribution < -0.4 is 5.73 Å². The van der Waals surface area contributed by atoms with Gasteiger partial charge in [0.1, 0.15) is 5.82 Å². The molecule has 2 aromatic rings. The molecule has 18 heavy (non-hydrogen) atoms. The van der Waals surface area contributed by atoms with E-state index in [4.69, 9.17) is 5.73 Å². The highest BCUT2D eigenvalue weighted by molar-refractivity contribution is 5.41. The molecule has 1 atom stereocenters. The zero-order valence-corrected chi connectivity index (χ0v) is 11.0. The Bertz CT molecular complexity index is 575. The second-order valence-corrected chi connectivity index (χ2v) is 4.84. The normalized spacial score (nSPS) is 12.5. The van der Waals surface area contributed by atoms with Crippen LogP contribution in [0.2, 0.25) is 0 Å². The van der Waals surface area contributed by atoms with Gasteiger partial charge in [-0.25, -0.2) is 4.39 Å². The third kappa shape index (κ3) is 2.44. The Morgan fingerprint density at radius 2 is 1.61 bits per heavy atom. The highest BCUT2D eigenvalue weighted by Crippen LogP contribution is 2.26. The van der Waals surface area contributed by atoms with E-state index in [0.29, 0.717) is 0 Å². The van der Waals surface area contributed by atoms with Gasteiger partial charge in [-0.1, -0.05) is 29.8 Å². The van der Waals surface area contributed by atoms with Crippen LogP contribution in [0.3, 0.4) is 0 Å². The molecule has 94 valence electrons. The second-order valence-electron chi connectivity index (χ2n) is 4.84. The monoisotopic (exact) mass is 243 g/mol. The maximum atomic E-state index is 13.1. The van der Waals surface area contributed by atoms with Crippen molar-refractivity contribution in [3.05, 3.63) is 70.0 Å². The summed E-state index contributed by atoms with van der Waals surface area (Å²) in [5.74, 6) is -0.218. The zero-order chi connectivity index (χ0) is 13.3. The molecule has 0 radical (unpaired) electrons. The Morgan fingerprint density at radius 3 is 2.28 bits per heavy atom. The predicted octanol–water partition coefficient (Wildman–Crippen LogP) is 3.80. The van der Waals surface area contributed by atoms with Crippen molar-refractivity contribution in [2.45, 2.75) is 26.8 Å². The van der Waals surface area contributed by atoms with Gasteiger partial charge >= 0.3 is 0 Å². The minimum absolute atomic E-state index is 0.203. The van der Waals surface area contributed by atoms with Crippen LogP contribution in [0.15, 0.2) is 36.4 Å². The minimum atomic E-state index is -0.218. The Balaban J connectivity index is 2.47. The lowest BCUT2D eigenvalue weighted by Crippen LogP contribution is -2.15. The standard InChI is InChI=1S/C16H18FN/c1-10-4-5-11(2)15(8-10)16(18)14-7-6-13(17)9-12(14)3/h4-9,16H,18H2,1-3H3. The van der Waals surface area contributed by atoms with E-state index in [9.17, 15) is 4.39 Å². The molecule has 0 heterocycles. The molecule has 0 aliphatic heterocycles. The third-order valence-electron chi connectivity index (χ3n) is 3.34. The number of halogens is 1. The van der Waals surface area contributed by atoms with Crippen LogP contribution >= 0.6 is 0 Å². The summed E-state index contributed by atoms with van der Waals surface area (Å²) in [6.07, 6.45) is 0. The molecule has 2 aromatic carbocycles. The highest BCUT2D eigenvalue weighted by atomic mass is 19.1. The van der Waals surface area contributed by atoms with Crippen LogP contribution in [0.1, 0.15) is 33.9 Å². The Hall–Kier alpha value is -1.67. The molecule has 0 saturated heterocycles. The van der Waals surface area contributed by atoms with Crippen LogP contribution in [0.4, 0.5) is 4.39 Å². The van der Waals surface area contributed by atoms with Crippen LogP contribution in [-0.4, -0.2) is 0 Å². The van der Waals surface area contributed by atoms with Gasteiger partial charge < -0.3 is 5.73 Å². The molecular formula is C16H18FN. The van der Waals surface area contributed by atoms with E-state index in [1.807, 2.05) is 20.8 Å². The number of aryl methyl sites for hydroxylation is 3. The lowest BCUT2D eigenvalue weighted by atomic mass is 9.92. The van der Waals surface area contributed by atoms with Crippen molar-refractivity contribution >= 4 is 0 Å². The first-order valence-corrected chi connectivity index (χ1v) is 6.08. The number of nitrogens with two attached hydrogens (primary N) is 1. The average molecular weight is 243 g/mol. The molecule has 2 heteroatoms. The largest absolute Gasteiger partial charge is 0.320 e. The Labute approximate surface area is 107 Å². The van der Waals surface area contributed by atoms with Gasteiger partial charge in [0.15, 0.2) is 0 Å². The fourth-order valence-electron chi connectivity index (χ4n) is 2.25. The fraction of sp³-hybridized carbons (Fsp3) is 0.250. The molecule has 2 N–H and O–H groups in total. The van der Waals surface area contributed by atoms with E-state index >= 15 is 0 Å². The summed E-state index contributed by atoms with van der Waals surface area (Å²) < 4.78 is 13.1. The van der Waals surface area contributed by atoms with Gasteiger partial charge in [-0.05, 0) is 55.2 Å². The van der Waals surface area contributed by atoms with Crippen molar-refractivity contribution in [1.82, 2.24) is 0 Å². The van der Waals surface area contributed by atoms with Crippen LogP contribution in [-0.2, 0) is 0 Å². The summed E-state index contributed by atoms with van der Waals surface area (Å²) >= 11 is 0. The van der Waals surface area contributed by atoms with Crippen molar-refractivity contribution in [3.63, 3.8) is 0 Å². The van der Waals surface area contributed by atoms with Crippen LogP contribution in [0.5, 0.6) is 0 Å². The molecule has 0 fully saturated rings. The minimum Gasteiger partial charge on any atom is -0.320 e. The van der Waals surface area contributed by atoms with Crippen molar-refractivity contribution in [3.8, 4) is 0 Å². The molecular weight excluding hydrogens is 225 g/mol. The van der Waals surface area contributed by atoms with Crippen LogP contribution in [0.25, 0.3) is 0 Å². The maximum Gasteiger partial charge on any atom is 0.123 e. The number of benzene rings is 2. The SMILES string of the molecule is Cc1ccc(C)c(C(N)c2ccc(F)cc2C)c1. The number of hydrogen-bond donors (Lipinski definition) is 1. The smallest absolute Gasteiger partial charge is 0.123 e. The third-order valence-corrected chi connectivity index (χ3v) is 3.34. The van der Waals surface area contributed by atoms with Crippen LogP contribution in [0, 0.1) is 26.6 Å². The van der Waals surface area contributed by atoms with E-state index in [1.165, 1.54) is 17.7 Å². The first-order chi connectivity index (χ1) is 8.49. The Morgan fingerprint density at radius 1 is 0.889 bits per heavy atom. The van der Waals surface area contributed by atoms with Gasteiger partial charge in [0.05, 0.1) is 6.04 Å². The van der Waals surface area contributed by atoms with Gasteiger partial charge in [0, 0.05) is 0 Å². The molecule has 0 aromatic heterocycles. The van der Waals surface area contributed by atoms with E-state index in [0.717, 1.165) is 22.3 Å². The molecule has 0 spiro atoms. The molecule has 2 rings (SSSR count). The van der Waals surface area contributed by atoms with Gasteiger partial charge in [0.2, 0.25) is 0 Å². The van der Waals surface area contributed by atoms with Crippen molar-refractivity contribution in [2.75, 3.05) is 0 Å². The maximum absolute atomic E-state index is 13.1. The number of rotatable bonds is 2. The van der Waals surface area contributed by atoms with E-state index in [2.05, 4.69) is 18.2 Å². The fourth-order valence-corrected chi connectivity index (χ4v) is 2.25. The molecule has 0 bridgehead atoms. The van der Waals surface area contributed by atoms with E-state index in [-0.39, 0.29) is 11.9 Å². The molecule has 0 amide bonds. The first kappa shape index (κ1) is 12.8. The van der Waals surface area contributed by atoms with Crippen molar-refractivity contribution in [2.24, 2.45) is 5.73 Å². The summed E-state index contributed by atoms with van der Waals surface area (Å²) in [7, 11) is 0. The molecule has 1 unspecified atom stereocenters. The summed E-state index contributed by atoms with van der Waals surface area (Å²) in [5.41, 5.74) is 11.6. The number of hydrogen-bond acceptors (Lipinski definition) is 1. The summed E-state index contributed by atoms with van der Waals surface area (Å²) in [6.45, 7) is 5.99. The van der Waals surface area contributed by atoms with Crippen molar-refractivity contribution < 1.29 is 4.39 Å². The quantitative estimate of drug-likeness (QED) is 0.853. The topological polar surface area (TPSA) is 26.0 Å². The van der Waals surface area contributed by atoms with Gasteiger partial charge in [0.25, 0.3) is 0 Å². The summed E-state index contributed by atoms with van der Waals surface area (Å²) in [5, 5.41) is 0. The average Bonchev–Trinajstić information content (AvgIpc) is 2.31. The molecule has 1 nitrogen and oxygen atoms in total. The molecule has 0 aliphatic carbocycles. The lowest BCUT2D eigenvalue weighted by Gasteiger charge is -2.18. The lowest BCUT2D eigenvalue weighted by molar-refractivity contribution is 0.624. The highest BCUT2D eigenvalue weighted by Gasteiger charge is 2.14. The molecule has 0 saturated carbocycles. The zero-order valence-electron chi connectivity index (χ0n) is 11.0.